The largest absolute Gasteiger partial charge is 0.360 e. The molecule has 0 atom stereocenters. The Bertz CT molecular complexity index is 412. The fourth-order valence-corrected chi connectivity index (χ4v) is 1.39. The molecule has 1 rings (SSSR count). The SMILES string of the molecule is CCN(CC)C(=O)NCC(=O)Nc1cc(C)on1. The Morgan fingerprint density at radius 2 is 2.06 bits per heavy atom. The van der Waals surface area contributed by atoms with E-state index in [1.54, 1.807) is 17.9 Å². The number of carbonyl (C=O) groups is 2. The van der Waals surface area contributed by atoms with Gasteiger partial charge in [0.2, 0.25) is 5.91 Å². The molecule has 0 bridgehead atoms. The zero-order chi connectivity index (χ0) is 13.5. The van der Waals surface area contributed by atoms with Crippen molar-refractivity contribution in [2.75, 3.05) is 25.0 Å². The maximum absolute atomic E-state index is 11.6. The Hall–Kier alpha value is -2.05. The number of aromatic nitrogens is 1. The monoisotopic (exact) mass is 254 g/mol. The van der Waals surface area contributed by atoms with Crippen molar-refractivity contribution in [3.8, 4) is 0 Å². The van der Waals surface area contributed by atoms with Gasteiger partial charge in [0.05, 0.1) is 6.54 Å². The number of carbonyl (C=O) groups excluding carboxylic acids is 2. The van der Waals surface area contributed by atoms with Crippen LogP contribution < -0.4 is 10.6 Å². The molecule has 0 unspecified atom stereocenters. The van der Waals surface area contributed by atoms with E-state index in [4.69, 9.17) is 4.52 Å². The summed E-state index contributed by atoms with van der Waals surface area (Å²) in [4.78, 5) is 24.7. The van der Waals surface area contributed by atoms with Gasteiger partial charge in [-0.15, -0.1) is 0 Å². The topological polar surface area (TPSA) is 87.5 Å². The molecule has 1 heterocycles. The van der Waals surface area contributed by atoms with Gasteiger partial charge in [-0.2, -0.15) is 0 Å². The molecule has 7 heteroatoms. The van der Waals surface area contributed by atoms with Crippen LogP contribution in [0.5, 0.6) is 0 Å². The minimum atomic E-state index is -0.344. The molecule has 1 aromatic heterocycles. The smallest absolute Gasteiger partial charge is 0.317 e. The van der Waals surface area contributed by atoms with Crippen molar-refractivity contribution in [1.29, 1.82) is 0 Å². The van der Waals surface area contributed by atoms with Gasteiger partial charge in [-0.05, 0) is 20.8 Å². The lowest BCUT2D eigenvalue weighted by Crippen LogP contribution is -2.42. The molecule has 2 N–H and O–H groups in total. The number of nitrogens with zero attached hydrogens (tertiary/aromatic N) is 2. The van der Waals surface area contributed by atoms with Crippen molar-refractivity contribution < 1.29 is 14.1 Å². The first-order valence-electron chi connectivity index (χ1n) is 5.82. The second-order valence-electron chi connectivity index (χ2n) is 3.70. The summed E-state index contributed by atoms with van der Waals surface area (Å²) in [7, 11) is 0. The number of nitrogens with one attached hydrogen (secondary N) is 2. The first-order valence-corrected chi connectivity index (χ1v) is 5.82. The Morgan fingerprint density at radius 3 is 2.56 bits per heavy atom. The molecule has 1 aromatic rings. The molecule has 0 saturated carbocycles. The molecular formula is C11H18N4O3. The van der Waals surface area contributed by atoms with Gasteiger partial charge in [-0.1, -0.05) is 5.16 Å². The number of anilines is 1. The lowest BCUT2D eigenvalue weighted by molar-refractivity contribution is -0.115. The predicted molar refractivity (Wildman–Crippen MR) is 66.2 cm³/mol. The van der Waals surface area contributed by atoms with Crippen molar-refractivity contribution in [3.05, 3.63) is 11.8 Å². The molecule has 0 spiro atoms. The number of urea groups is 1. The molecule has 0 aliphatic carbocycles. The summed E-state index contributed by atoms with van der Waals surface area (Å²) in [6.07, 6.45) is 0. The molecule has 7 nitrogen and oxygen atoms in total. The van der Waals surface area contributed by atoms with Crippen LogP contribution >= 0.6 is 0 Å². The maximum Gasteiger partial charge on any atom is 0.317 e. The third-order valence-electron chi connectivity index (χ3n) is 2.35. The highest BCUT2D eigenvalue weighted by molar-refractivity contribution is 5.93. The molecular weight excluding hydrogens is 236 g/mol. The van der Waals surface area contributed by atoms with Crippen LogP contribution in [0.1, 0.15) is 19.6 Å². The van der Waals surface area contributed by atoms with Crippen molar-refractivity contribution in [1.82, 2.24) is 15.4 Å². The minimum Gasteiger partial charge on any atom is -0.360 e. The van der Waals surface area contributed by atoms with Gasteiger partial charge in [0.25, 0.3) is 0 Å². The molecule has 0 fully saturated rings. The van der Waals surface area contributed by atoms with E-state index in [0.29, 0.717) is 24.7 Å². The van der Waals surface area contributed by atoms with Gasteiger partial charge in [-0.3, -0.25) is 4.79 Å². The first-order chi connectivity index (χ1) is 8.56. The average Bonchev–Trinajstić information content (AvgIpc) is 2.73. The van der Waals surface area contributed by atoms with Crippen LogP contribution in [0.15, 0.2) is 10.6 Å². The van der Waals surface area contributed by atoms with Gasteiger partial charge < -0.3 is 20.1 Å². The summed E-state index contributed by atoms with van der Waals surface area (Å²) in [5.74, 6) is 0.607. The summed E-state index contributed by atoms with van der Waals surface area (Å²) in [5, 5.41) is 8.66. The lowest BCUT2D eigenvalue weighted by atomic mass is 10.4. The summed E-state index contributed by atoms with van der Waals surface area (Å²) < 4.78 is 4.80. The third-order valence-corrected chi connectivity index (χ3v) is 2.35. The molecule has 0 aliphatic heterocycles. The van der Waals surface area contributed by atoms with E-state index < -0.39 is 0 Å². The summed E-state index contributed by atoms with van der Waals surface area (Å²) in [6, 6.07) is 1.34. The molecule has 18 heavy (non-hydrogen) atoms. The molecule has 3 amide bonds. The van der Waals surface area contributed by atoms with Crippen molar-refractivity contribution >= 4 is 17.8 Å². The van der Waals surface area contributed by atoms with Crippen molar-refractivity contribution in [3.63, 3.8) is 0 Å². The molecule has 100 valence electrons. The van der Waals surface area contributed by atoms with Crippen molar-refractivity contribution in [2.45, 2.75) is 20.8 Å². The summed E-state index contributed by atoms with van der Waals surface area (Å²) >= 11 is 0. The Balaban J connectivity index is 2.35. The molecule has 0 aliphatic rings. The standard InChI is InChI=1S/C11H18N4O3/c1-4-15(5-2)11(17)12-7-10(16)13-9-6-8(3)18-14-9/h6H,4-5,7H2,1-3H3,(H,12,17)(H,13,14,16). The lowest BCUT2D eigenvalue weighted by Gasteiger charge is -2.18. The predicted octanol–water partition coefficient (Wildman–Crippen LogP) is 0.973. The van der Waals surface area contributed by atoms with E-state index in [1.165, 1.54) is 0 Å². The van der Waals surface area contributed by atoms with Crippen LogP contribution in [0.3, 0.4) is 0 Å². The normalized spacial score (nSPS) is 9.94. The number of hydrogen-bond donors (Lipinski definition) is 2. The minimum absolute atomic E-state index is 0.0960. The van der Waals surface area contributed by atoms with Crippen LogP contribution in [-0.4, -0.2) is 41.6 Å². The van der Waals surface area contributed by atoms with E-state index in [-0.39, 0.29) is 18.5 Å². The van der Waals surface area contributed by atoms with Gasteiger partial charge in [0.1, 0.15) is 5.76 Å². The van der Waals surface area contributed by atoms with Gasteiger partial charge in [0.15, 0.2) is 5.82 Å². The molecule has 0 radical (unpaired) electrons. The van der Waals surface area contributed by atoms with Gasteiger partial charge in [0, 0.05) is 19.2 Å². The van der Waals surface area contributed by atoms with Gasteiger partial charge in [-0.25, -0.2) is 4.79 Å². The van der Waals surface area contributed by atoms with E-state index >= 15 is 0 Å². The van der Waals surface area contributed by atoms with Crippen LogP contribution in [0.4, 0.5) is 10.6 Å². The highest BCUT2D eigenvalue weighted by Crippen LogP contribution is 2.06. The van der Waals surface area contributed by atoms with Crippen LogP contribution in [-0.2, 0) is 4.79 Å². The quantitative estimate of drug-likeness (QED) is 0.819. The molecule has 0 saturated heterocycles. The van der Waals surface area contributed by atoms with E-state index in [0.717, 1.165) is 0 Å². The fourth-order valence-electron chi connectivity index (χ4n) is 1.39. The number of hydrogen-bond acceptors (Lipinski definition) is 4. The van der Waals surface area contributed by atoms with Crippen LogP contribution in [0.25, 0.3) is 0 Å². The van der Waals surface area contributed by atoms with Crippen LogP contribution in [0, 0.1) is 6.92 Å². The second-order valence-corrected chi connectivity index (χ2v) is 3.70. The van der Waals surface area contributed by atoms with E-state index in [9.17, 15) is 9.59 Å². The third kappa shape index (κ3) is 4.08. The average molecular weight is 254 g/mol. The molecule has 0 aromatic carbocycles. The first kappa shape index (κ1) is 14.0. The Morgan fingerprint density at radius 1 is 1.39 bits per heavy atom. The summed E-state index contributed by atoms with van der Waals surface area (Å²) in [6.45, 7) is 6.59. The number of rotatable bonds is 5. The van der Waals surface area contributed by atoms with Crippen LogP contribution in [0.2, 0.25) is 0 Å². The zero-order valence-corrected chi connectivity index (χ0v) is 10.8. The highest BCUT2D eigenvalue weighted by Gasteiger charge is 2.11. The fraction of sp³-hybridized carbons (Fsp3) is 0.545. The maximum atomic E-state index is 11.6. The highest BCUT2D eigenvalue weighted by atomic mass is 16.5. The number of aryl methyl sites for hydroxylation is 1. The number of amides is 3. The van der Waals surface area contributed by atoms with E-state index in [2.05, 4.69) is 15.8 Å². The second kappa shape index (κ2) is 6.63. The van der Waals surface area contributed by atoms with E-state index in [1.807, 2.05) is 13.8 Å². The van der Waals surface area contributed by atoms with Gasteiger partial charge >= 0.3 is 6.03 Å². The summed E-state index contributed by atoms with van der Waals surface area (Å²) in [5.41, 5.74) is 0. The van der Waals surface area contributed by atoms with Crippen molar-refractivity contribution in [2.24, 2.45) is 0 Å². The Labute approximate surface area is 105 Å². The zero-order valence-electron chi connectivity index (χ0n) is 10.8. The Kier molecular flexibility index (Phi) is 5.16.